The second-order valence-electron chi connectivity index (χ2n) is 5.83. The van der Waals surface area contributed by atoms with Crippen molar-refractivity contribution in [3.63, 3.8) is 0 Å². The van der Waals surface area contributed by atoms with Crippen molar-refractivity contribution >= 4 is 33.2 Å². The minimum absolute atomic E-state index is 0.184. The number of thiophene rings is 1. The van der Waals surface area contributed by atoms with Gasteiger partial charge in [-0.3, -0.25) is 9.36 Å². The van der Waals surface area contributed by atoms with Crippen molar-refractivity contribution in [1.82, 2.24) is 18.9 Å². The smallest absolute Gasteiger partial charge is 0.348 e. The van der Waals surface area contributed by atoms with Crippen LogP contribution < -0.4 is 5.56 Å². The van der Waals surface area contributed by atoms with Crippen LogP contribution in [0.2, 0.25) is 0 Å². The number of hydrogen-bond donors (Lipinski definition) is 0. The lowest BCUT2D eigenvalue weighted by molar-refractivity contribution is 0.0531. The molecule has 0 saturated heterocycles. The predicted octanol–water partition coefficient (Wildman–Crippen LogP) is 2.64. The van der Waals surface area contributed by atoms with Gasteiger partial charge in [-0.1, -0.05) is 6.07 Å². The average Bonchev–Trinajstić information content (AvgIpc) is 3.18. The molecule has 7 nitrogen and oxygen atoms in total. The molecule has 4 aromatic heterocycles. The molecule has 4 rings (SSSR count). The van der Waals surface area contributed by atoms with Crippen LogP contribution in [0.15, 0.2) is 41.7 Å². The van der Waals surface area contributed by atoms with Crippen LogP contribution in [0.3, 0.4) is 0 Å². The number of hydrogen-bond acceptors (Lipinski definition) is 6. The number of ether oxygens (including phenoxy) is 1. The Morgan fingerprint density at radius 3 is 2.96 bits per heavy atom. The first-order valence-electron chi connectivity index (χ1n) is 8.16. The Hall–Kier alpha value is -3.00. The lowest BCUT2D eigenvalue weighted by Crippen LogP contribution is -2.21. The number of carbonyl (C=O) groups excluding carboxylic acids is 1. The normalized spacial score (nSPS) is 11.3. The zero-order valence-corrected chi connectivity index (χ0v) is 15.1. The number of aryl methyl sites for hydroxylation is 1. The molecule has 8 heteroatoms. The zero-order valence-electron chi connectivity index (χ0n) is 14.3. The molecule has 0 spiro atoms. The van der Waals surface area contributed by atoms with E-state index in [4.69, 9.17) is 4.74 Å². The molecule has 0 bridgehead atoms. The van der Waals surface area contributed by atoms with Gasteiger partial charge in [-0.15, -0.1) is 11.3 Å². The van der Waals surface area contributed by atoms with Crippen LogP contribution in [-0.4, -0.2) is 31.5 Å². The van der Waals surface area contributed by atoms with Crippen molar-refractivity contribution in [3.05, 3.63) is 63.4 Å². The van der Waals surface area contributed by atoms with Crippen LogP contribution in [-0.2, 0) is 11.3 Å². The van der Waals surface area contributed by atoms with Crippen LogP contribution >= 0.6 is 11.3 Å². The zero-order chi connectivity index (χ0) is 18.3. The molecule has 0 fully saturated rings. The summed E-state index contributed by atoms with van der Waals surface area (Å²) in [6, 6.07) is 5.74. The second kappa shape index (κ2) is 6.38. The molecular weight excluding hydrogens is 352 g/mol. The first kappa shape index (κ1) is 16.5. The lowest BCUT2D eigenvalue weighted by Gasteiger charge is -2.03. The van der Waals surface area contributed by atoms with E-state index in [9.17, 15) is 9.59 Å². The highest BCUT2D eigenvalue weighted by Crippen LogP contribution is 2.27. The Kier molecular flexibility index (Phi) is 4.04. The SMILES string of the molecule is CCOC(=O)c1sc2ncn(Cc3cn4ccccc4n3)c(=O)c2c1C. The fraction of sp³-hybridized carbons (Fsp3) is 0.222. The maximum Gasteiger partial charge on any atom is 0.348 e. The molecule has 0 saturated carbocycles. The topological polar surface area (TPSA) is 78.5 Å². The van der Waals surface area contributed by atoms with E-state index in [-0.39, 0.29) is 12.2 Å². The van der Waals surface area contributed by atoms with Crippen molar-refractivity contribution < 1.29 is 9.53 Å². The van der Waals surface area contributed by atoms with Crippen molar-refractivity contribution in [2.45, 2.75) is 20.4 Å². The lowest BCUT2D eigenvalue weighted by atomic mass is 10.2. The number of pyridine rings is 1. The molecule has 0 amide bonds. The van der Waals surface area contributed by atoms with Gasteiger partial charge >= 0.3 is 5.97 Å². The standard InChI is InChI=1S/C18H16N4O3S/c1-3-25-18(24)15-11(2)14-16(26-15)19-10-22(17(14)23)9-12-8-21-7-5-4-6-13(21)20-12/h4-8,10H,3,9H2,1-2H3. The third-order valence-corrected chi connectivity index (χ3v) is 5.30. The van der Waals surface area contributed by atoms with Gasteiger partial charge in [0, 0.05) is 12.4 Å². The van der Waals surface area contributed by atoms with Crippen molar-refractivity contribution in [3.8, 4) is 0 Å². The number of carbonyl (C=O) groups is 1. The predicted molar refractivity (Wildman–Crippen MR) is 98.9 cm³/mol. The summed E-state index contributed by atoms with van der Waals surface area (Å²) in [6.45, 7) is 4.11. The maximum atomic E-state index is 12.9. The number of nitrogens with zero attached hydrogens (tertiary/aromatic N) is 4. The van der Waals surface area contributed by atoms with E-state index in [2.05, 4.69) is 9.97 Å². The van der Waals surface area contributed by atoms with Crippen LogP contribution in [0.1, 0.15) is 27.9 Å². The summed E-state index contributed by atoms with van der Waals surface area (Å²) in [5, 5.41) is 0.462. The summed E-state index contributed by atoms with van der Waals surface area (Å²) in [6.07, 6.45) is 5.29. The molecule has 0 aliphatic carbocycles. The van der Waals surface area contributed by atoms with Gasteiger partial charge in [0.05, 0.1) is 30.6 Å². The van der Waals surface area contributed by atoms with Gasteiger partial charge in [-0.25, -0.2) is 14.8 Å². The summed E-state index contributed by atoms with van der Waals surface area (Å²) >= 11 is 1.19. The summed E-state index contributed by atoms with van der Waals surface area (Å²) in [7, 11) is 0. The molecule has 0 unspecified atom stereocenters. The number of aromatic nitrogens is 4. The fourth-order valence-corrected chi connectivity index (χ4v) is 3.93. The van der Waals surface area contributed by atoms with Gasteiger partial charge in [0.2, 0.25) is 0 Å². The second-order valence-corrected chi connectivity index (χ2v) is 6.83. The van der Waals surface area contributed by atoms with E-state index in [1.54, 1.807) is 13.8 Å². The third-order valence-electron chi connectivity index (χ3n) is 4.12. The van der Waals surface area contributed by atoms with E-state index < -0.39 is 5.97 Å². The highest BCUT2D eigenvalue weighted by atomic mass is 32.1. The Balaban J connectivity index is 1.76. The van der Waals surface area contributed by atoms with Gasteiger partial charge in [-0.2, -0.15) is 0 Å². The quantitative estimate of drug-likeness (QED) is 0.518. The molecule has 0 N–H and O–H groups in total. The van der Waals surface area contributed by atoms with Gasteiger partial charge in [-0.05, 0) is 31.5 Å². The van der Waals surface area contributed by atoms with Crippen LogP contribution in [0.5, 0.6) is 0 Å². The maximum absolute atomic E-state index is 12.9. The molecule has 0 atom stereocenters. The van der Waals surface area contributed by atoms with E-state index in [0.29, 0.717) is 27.2 Å². The van der Waals surface area contributed by atoms with Gasteiger partial charge in [0.1, 0.15) is 15.4 Å². The number of rotatable bonds is 4. The molecule has 132 valence electrons. The van der Waals surface area contributed by atoms with Gasteiger partial charge in [0.25, 0.3) is 5.56 Å². The monoisotopic (exact) mass is 368 g/mol. The summed E-state index contributed by atoms with van der Waals surface area (Å²) < 4.78 is 8.48. The van der Waals surface area contributed by atoms with Crippen molar-refractivity contribution in [2.75, 3.05) is 6.61 Å². The molecule has 26 heavy (non-hydrogen) atoms. The number of imidazole rings is 1. The molecule has 0 radical (unpaired) electrons. The molecule has 0 aliphatic heterocycles. The minimum Gasteiger partial charge on any atom is -0.462 e. The van der Waals surface area contributed by atoms with E-state index in [1.165, 1.54) is 22.2 Å². The van der Waals surface area contributed by atoms with E-state index >= 15 is 0 Å². The van der Waals surface area contributed by atoms with Crippen molar-refractivity contribution in [2.24, 2.45) is 0 Å². The summed E-state index contributed by atoms with van der Waals surface area (Å²) in [5.41, 5.74) is 2.01. The average molecular weight is 368 g/mol. The van der Waals surface area contributed by atoms with Gasteiger partial charge in [0.15, 0.2) is 0 Å². The Bertz CT molecular complexity index is 1160. The summed E-state index contributed by atoms with van der Waals surface area (Å²) in [4.78, 5) is 34.8. The number of fused-ring (bicyclic) bond motifs is 2. The molecule has 4 heterocycles. The Labute approximate surface area is 152 Å². The first-order chi connectivity index (χ1) is 12.6. The molecule has 0 aliphatic rings. The largest absolute Gasteiger partial charge is 0.462 e. The highest BCUT2D eigenvalue weighted by Gasteiger charge is 2.20. The number of esters is 1. The van der Waals surface area contributed by atoms with Crippen LogP contribution in [0, 0.1) is 6.92 Å². The third kappa shape index (κ3) is 2.68. The van der Waals surface area contributed by atoms with Gasteiger partial charge < -0.3 is 9.14 Å². The Morgan fingerprint density at radius 1 is 1.35 bits per heavy atom. The molecule has 0 aromatic carbocycles. The minimum atomic E-state index is -0.417. The van der Waals surface area contributed by atoms with E-state index in [0.717, 1.165) is 11.3 Å². The molecular formula is C18H16N4O3S. The molecule has 4 aromatic rings. The van der Waals surface area contributed by atoms with Crippen molar-refractivity contribution in [1.29, 1.82) is 0 Å². The fourth-order valence-electron chi connectivity index (χ4n) is 2.90. The van der Waals surface area contributed by atoms with Crippen LogP contribution in [0.25, 0.3) is 15.9 Å². The highest BCUT2D eigenvalue weighted by molar-refractivity contribution is 7.20. The van der Waals surface area contributed by atoms with E-state index in [1.807, 2.05) is 35.0 Å². The Morgan fingerprint density at radius 2 is 2.19 bits per heavy atom. The summed E-state index contributed by atoms with van der Waals surface area (Å²) in [5.74, 6) is -0.417. The first-order valence-corrected chi connectivity index (χ1v) is 8.98. The van der Waals surface area contributed by atoms with Crippen LogP contribution in [0.4, 0.5) is 0 Å².